The van der Waals surface area contributed by atoms with Crippen molar-refractivity contribution in [2.45, 2.75) is 0 Å². The maximum atomic E-state index is 11.0. The molecule has 0 fully saturated rings. The lowest BCUT2D eigenvalue weighted by molar-refractivity contribution is 0.100. The highest BCUT2D eigenvalue weighted by Crippen LogP contribution is 2.12. The number of rotatable bonds is 2. The number of benzene rings is 1. The lowest BCUT2D eigenvalue weighted by Gasteiger charge is -1.99. The Bertz CT molecular complexity index is 367. The van der Waals surface area contributed by atoms with Crippen molar-refractivity contribution in [3.63, 3.8) is 0 Å². The van der Waals surface area contributed by atoms with Gasteiger partial charge in [-0.2, -0.15) is 0 Å². The van der Waals surface area contributed by atoms with E-state index in [1.165, 1.54) is 19.3 Å². The third kappa shape index (κ3) is 2.25. The monoisotopic (exact) mass is 177 g/mol. The summed E-state index contributed by atoms with van der Waals surface area (Å²) in [7, 11) is 1.49. The highest BCUT2D eigenvalue weighted by Gasteiger charge is 2.03. The molecule has 0 spiro atoms. The van der Waals surface area contributed by atoms with Gasteiger partial charge in [-0.15, -0.1) is 4.99 Å². The van der Waals surface area contributed by atoms with Gasteiger partial charge in [0.1, 0.15) is 5.75 Å². The molecule has 0 atom stereocenters. The van der Waals surface area contributed by atoms with Crippen LogP contribution in [0.4, 0.5) is 0 Å². The number of carbonyl (C=O) groups excluding carboxylic acids is 2. The minimum Gasteiger partial charge on any atom is -0.497 e. The molecule has 0 heterocycles. The van der Waals surface area contributed by atoms with Gasteiger partial charge in [-0.1, -0.05) is 6.07 Å². The molecule has 1 amide bonds. The largest absolute Gasteiger partial charge is 0.497 e. The minimum atomic E-state index is -0.617. The molecular formula is C9H7NO3. The zero-order valence-electron chi connectivity index (χ0n) is 6.98. The van der Waals surface area contributed by atoms with E-state index in [1.807, 2.05) is 0 Å². The SMILES string of the molecule is COc1cccc(C(=O)N=C=O)c1. The quantitative estimate of drug-likeness (QED) is 0.503. The Morgan fingerprint density at radius 1 is 1.54 bits per heavy atom. The van der Waals surface area contributed by atoms with Crippen LogP contribution in [-0.2, 0) is 4.79 Å². The molecule has 1 aromatic carbocycles. The molecule has 0 saturated carbocycles. The Kier molecular flexibility index (Phi) is 2.95. The predicted molar refractivity (Wildman–Crippen MR) is 45.4 cm³/mol. The van der Waals surface area contributed by atoms with Crippen LogP contribution < -0.4 is 4.74 Å². The van der Waals surface area contributed by atoms with E-state index in [4.69, 9.17) is 4.74 Å². The Morgan fingerprint density at radius 2 is 2.31 bits per heavy atom. The second kappa shape index (κ2) is 4.18. The van der Waals surface area contributed by atoms with Crippen LogP contribution in [-0.4, -0.2) is 19.1 Å². The zero-order chi connectivity index (χ0) is 9.68. The van der Waals surface area contributed by atoms with Crippen LogP contribution in [0.5, 0.6) is 5.75 Å². The lowest BCUT2D eigenvalue weighted by Crippen LogP contribution is -1.94. The average molecular weight is 177 g/mol. The van der Waals surface area contributed by atoms with E-state index in [2.05, 4.69) is 4.99 Å². The molecule has 0 aliphatic carbocycles. The van der Waals surface area contributed by atoms with E-state index >= 15 is 0 Å². The molecule has 1 rings (SSSR count). The van der Waals surface area contributed by atoms with E-state index in [1.54, 1.807) is 18.2 Å². The second-order valence-electron chi connectivity index (χ2n) is 2.24. The third-order valence-corrected chi connectivity index (χ3v) is 1.46. The van der Waals surface area contributed by atoms with Gasteiger partial charge in [0.05, 0.1) is 7.11 Å². The molecular weight excluding hydrogens is 170 g/mol. The Labute approximate surface area is 74.9 Å². The van der Waals surface area contributed by atoms with Crippen LogP contribution in [0.2, 0.25) is 0 Å². The summed E-state index contributed by atoms with van der Waals surface area (Å²) in [6, 6.07) is 6.39. The molecule has 0 saturated heterocycles. The molecule has 1 aromatic rings. The van der Waals surface area contributed by atoms with Crippen molar-refractivity contribution in [2.75, 3.05) is 7.11 Å². The molecule has 0 unspecified atom stereocenters. The van der Waals surface area contributed by atoms with Crippen molar-refractivity contribution in [3.8, 4) is 5.75 Å². The summed E-state index contributed by atoms with van der Waals surface area (Å²) in [6.07, 6.45) is 1.19. The highest BCUT2D eigenvalue weighted by molar-refractivity contribution is 5.97. The van der Waals surface area contributed by atoms with E-state index < -0.39 is 5.91 Å². The van der Waals surface area contributed by atoms with E-state index in [9.17, 15) is 9.59 Å². The average Bonchev–Trinajstić information content (AvgIpc) is 2.18. The number of nitrogens with zero attached hydrogens (tertiary/aromatic N) is 1. The molecule has 4 nitrogen and oxygen atoms in total. The van der Waals surface area contributed by atoms with Gasteiger partial charge in [0.25, 0.3) is 5.91 Å². The van der Waals surface area contributed by atoms with Crippen LogP contribution in [0.25, 0.3) is 0 Å². The van der Waals surface area contributed by atoms with Gasteiger partial charge in [0.15, 0.2) is 0 Å². The maximum Gasteiger partial charge on any atom is 0.287 e. The Morgan fingerprint density at radius 3 is 2.92 bits per heavy atom. The fourth-order valence-electron chi connectivity index (χ4n) is 0.862. The fraction of sp³-hybridized carbons (Fsp3) is 0.111. The first-order chi connectivity index (χ1) is 6.27. The van der Waals surface area contributed by atoms with Crippen molar-refractivity contribution in [2.24, 2.45) is 4.99 Å². The van der Waals surface area contributed by atoms with E-state index in [0.717, 1.165) is 0 Å². The van der Waals surface area contributed by atoms with Crippen LogP contribution in [0, 0.1) is 0 Å². The topological polar surface area (TPSA) is 55.7 Å². The molecule has 4 heteroatoms. The van der Waals surface area contributed by atoms with Gasteiger partial charge < -0.3 is 4.74 Å². The molecule has 0 N–H and O–H groups in total. The van der Waals surface area contributed by atoms with Gasteiger partial charge in [0, 0.05) is 5.56 Å². The highest BCUT2D eigenvalue weighted by atomic mass is 16.5. The number of ether oxygens (including phenoxy) is 1. The molecule has 0 bridgehead atoms. The summed E-state index contributed by atoms with van der Waals surface area (Å²) >= 11 is 0. The summed E-state index contributed by atoms with van der Waals surface area (Å²) in [5, 5.41) is 0. The Balaban J connectivity index is 3.01. The van der Waals surface area contributed by atoms with Crippen LogP contribution >= 0.6 is 0 Å². The standard InChI is InChI=1S/C9H7NO3/c1-13-8-4-2-3-7(5-8)9(12)10-6-11/h2-5H,1H3. The Hall–Kier alpha value is -1.93. The molecule has 66 valence electrons. The van der Waals surface area contributed by atoms with Crippen LogP contribution in [0.3, 0.4) is 0 Å². The summed E-state index contributed by atoms with van der Waals surface area (Å²) in [6.45, 7) is 0. The van der Waals surface area contributed by atoms with Gasteiger partial charge in [-0.05, 0) is 18.2 Å². The number of carbonyl (C=O) groups is 1. The van der Waals surface area contributed by atoms with Gasteiger partial charge in [-0.3, -0.25) is 4.79 Å². The van der Waals surface area contributed by atoms with Gasteiger partial charge in [0.2, 0.25) is 6.08 Å². The van der Waals surface area contributed by atoms with Crippen molar-refractivity contribution < 1.29 is 14.3 Å². The number of hydrogen-bond donors (Lipinski definition) is 0. The van der Waals surface area contributed by atoms with Gasteiger partial charge >= 0.3 is 0 Å². The fourth-order valence-corrected chi connectivity index (χ4v) is 0.862. The molecule has 0 aliphatic heterocycles. The van der Waals surface area contributed by atoms with Crippen LogP contribution in [0.15, 0.2) is 29.3 Å². The van der Waals surface area contributed by atoms with Crippen molar-refractivity contribution >= 4 is 12.0 Å². The molecule has 13 heavy (non-hydrogen) atoms. The number of hydrogen-bond acceptors (Lipinski definition) is 3. The zero-order valence-corrected chi connectivity index (χ0v) is 6.98. The first kappa shape index (κ1) is 9.16. The van der Waals surface area contributed by atoms with E-state index in [-0.39, 0.29) is 0 Å². The first-order valence-electron chi connectivity index (χ1n) is 3.54. The summed E-state index contributed by atoms with van der Waals surface area (Å²) in [5.74, 6) is -0.0687. The second-order valence-corrected chi connectivity index (χ2v) is 2.24. The first-order valence-corrected chi connectivity index (χ1v) is 3.54. The third-order valence-electron chi connectivity index (χ3n) is 1.46. The lowest BCUT2D eigenvalue weighted by atomic mass is 10.2. The number of methoxy groups -OCH3 is 1. The molecule has 0 aromatic heterocycles. The summed E-state index contributed by atoms with van der Waals surface area (Å²) < 4.78 is 4.89. The van der Waals surface area contributed by atoms with Gasteiger partial charge in [-0.25, -0.2) is 4.79 Å². The molecule has 0 radical (unpaired) electrons. The number of aliphatic imine (C=N–C) groups is 1. The predicted octanol–water partition coefficient (Wildman–Crippen LogP) is 1.17. The number of amides is 1. The van der Waals surface area contributed by atoms with Crippen LogP contribution in [0.1, 0.15) is 10.4 Å². The minimum absolute atomic E-state index is 0.308. The molecule has 0 aliphatic rings. The maximum absolute atomic E-state index is 11.0. The summed E-state index contributed by atoms with van der Waals surface area (Å²) in [5.41, 5.74) is 0.308. The van der Waals surface area contributed by atoms with E-state index in [0.29, 0.717) is 11.3 Å². The van der Waals surface area contributed by atoms with Crippen molar-refractivity contribution in [3.05, 3.63) is 29.8 Å². The normalized spacial score (nSPS) is 8.69. The van der Waals surface area contributed by atoms with Crippen molar-refractivity contribution in [1.29, 1.82) is 0 Å². The summed E-state index contributed by atoms with van der Waals surface area (Å²) in [4.78, 5) is 23.8. The number of isocyanates is 1. The smallest absolute Gasteiger partial charge is 0.287 e. The van der Waals surface area contributed by atoms with Crippen molar-refractivity contribution in [1.82, 2.24) is 0 Å².